The fourth-order valence-electron chi connectivity index (χ4n) is 5.88. The molecule has 0 saturated carbocycles. The molecule has 0 aliphatic carbocycles. The highest BCUT2D eigenvalue weighted by molar-refractivity contribution is 7.74. The Morgan fingerprint density at radius 1 is 0.524 bits per heavy atom. The summed E-state index contributed by atoms with van der Waals surface area (Å²) in [6.45, 7) is 9.31. The van der Waals surface area contributed by atoms with Crippen LogP contribution in [0.4, 0.5) is 22.7 Å². The largest absolute Gasteiger partial charge is 0.354 e. The first kappa shape index (κ1) is 26.9. The molecule has 42 heavy (non-hydrogen) atoms. The first-order valence-corrected chi connectivity index (χ1v) is 17.1. The van der Waals surface area contributed by atoms with Crippen LogP contribution in [0.25, 0.3) is 21.8 Å². The van der Waals surface area contributed by atoms with Crippen LogP contribution >= 0.6 is 15.8 Å². The minimum Gasteiger partial charge on any atom is -0.354 e. The molecule has 0 amide bonds. The van der Waals surface area contributed by atoms with Gasteiger partial charge in [-0.05, 0) is 63.6 Å². The summed E-state index contributed by atoms with van der Waals surface area (Å²) in [5.41, 5.74) is 7.19. The molecule has 0 fully saturated rings. The third-order valence-electron chi connectivity index (χ3n) is 7.66. The van der Waals surface area contributed by atoms with E-state index in [1.807, 2.05) is 12.4 Å². The van der Waals surface area contributed by atoms with Crippen LogP contribution < -0.4 is 31.9 Å². The number of para-hydroxylation sites is 2. The number of aromatic nitrogens is 4. The maximum absolute atomic E-state index is 4.66. The number of fused-ring (bicyclic) bond motifs is 6. The van der Waals surface area contributed by atoms with E-state index in [-0.39, 0.29) is 0 Å². The first-order valence-electron chi connectivity index (χ1n) is 14.3. The van der Waals surface area contributed by atoms with Crippen LogP contribution in [0.3, 0.4) is 0 Å². The molecule has 2 N–H and O–H groups in total. The van der Waals surface area contributed by atoms with Gasteiger partial charge in [0, 0.05) is 67.1 Å². The van der Waals surface area contributed by atoms with E-state index in [0.717, 1.165) is 44.6 Å². The second-order valence-electron chi connectivity index (χ2n) is 11.1. The Morgan fingerprint density at radius 3 is 1.40 bits per heavy atom. The monoisotopic (exact) mass is 586 g/mol. The van der Waals surface area contributed by atoms with Gasteiger partial charge in [0.25, 0.3) is 0 Å². The maximum atomic E-state index is 4.66. The van der Waals surface area contributed by atoms with Gasteiger partial charge in [0.2, 0.25) is 0 Å². The summed E-state index contributed by atoms with van der Waals surface area (Å²) in [7, 11) is -1.54. The van der Waals surface area contributed by atoms with E-state index in [2.05, 4.69) is 131 Å². The van der Waals surface area contributed by atoms with Gasteiger partial charge in [-0.25, -0.2) is 19.9 Å². The van der Waals surface area contributed by atoms with E-state index < -0.39 is 15.8 Å². The molecular formula is C34H32N6P2. The van der Waals surface area contributed by atoms with E-state index in [4.69, 9.17) is 0 Å². The van der Waals surface area contributed by atoms with E-state index >= 15 is 0 Å². The van der Waals surface area contributed by atoms with Crippen molar-refractivity contribution in [2.75, 3.05) is 10.6 Å². The molecule has 1 aliphatic rings. The molecule has 3 heterocycles. The molecule has 0 spiro atoms. The van der Waals surface area contributed by atoms with Crippen molar-refractivity contribution < 1.29 is 0 Å². The molecule has 208 valence electrons. The predicted octanol–water partition coefficient (Wildman–Crippen LogP) is 7.06. The molecule has 6 nitrogen and oxygen atoms in total. The highest BCUT2D eigenvalue weighted by Crippen LogP contribution is 2.48. The van der Waals surface area contributed by atoms with E-state index in [9.17, 15) is 0 Å². The molecule has 0 radical (unpaired) electrons. The Bertz CT molecular complexity index is 1800. The van der Waals surface area contributed by atoms with Crippen LogP contribution in [0.5, 0.6) is 0 Å². The molecule has 2 atom stereocenters. The Balaban J connectivity index is 1.59. The van der Waals surface area contributed by atoms with Gasteiger partial charge in [-0.15, -0.1) is 0 Å². The second-order valence-corrected chi connectivity index (χ2v) is 16.6. The summed E-state index contributed by atoms with van der Waals surface area (Å²) >= 11 is 0. The lowest BCUT2D eigenvalue weighted by molar-refractivity contribution is 1.10. The minimum absolute atomic E-state index is 0.387. The summed E-state index contributed by atoms with van der Waals surface area (Å²) in [5, 5.41) is 15.1. The van der Waals surface area contributed by atoms with Crippen LogP contribution in [0.1, 0.15) is 27.7 Å². The Hall–Kier alpha value is -3.98. The third kappa shape index (κ3) is 4.79. The number of nitrogens with one attached hydrogen (secondary N) is 2. The molecular weight excluding hydrogens is 554 g/mol. The van der Waals surface area contributed by atoms with Gasteiger partial charge < -0.3 is 10.6 Å². The predicted molar refractivity (Wildman–Crippen MR) is 181 cm³/mol. The fourth-order valence-corrected chi connectivity index (χ4v) is 11.2. The highest BCUT2D eigenvalue weighted by atomic mass is 31.1. The van der Waals surface area contributed by atoms with Crippen LogP contribution in [0.15, 0.2) is 97.8 Å². The molecule has 7 rings (SSSR count). The maximum Gasteiger partial charge on any atom is 0.116 e. The zero-order chi connectivity index (χ0) is 28.8. The van der Waals surface area contributed by atoms with Crippen molar-refractivity contribution in [1.29, 1.82) is 0 Å². The van der Waals surface area contributed by atoms with Gasteiger partial charge in [-0.3, -0.25) is 0 Å². The average Bonchev–Trinajstić information content (AvgIpc) is 2.98. The highest BCUT2D eigenvalue weighted by Gasteiger charge is 2.29. The SMILES string of the molecule is CC(C)P1c2ccccc2Nc2ccccc2P(C(C)C)c2cc3ncncc3cc2Nc2cc3cncnc3cc21. The number of anilines is 4. The molecule has 0 saturated heterocycles. The molecule has 2 aromatic heterocycles. The molecule has 0 bridgehead atoms. The van der Waals surface area contributed by atoms with Crippen molar-refractivity contribution in [3.63, 3.8) is 0 Å². The summed E-state index contributed by atoms with van der Waals surface area (Å²) in [5.74, 6) is 0. The van der Waals surface area contributed by atoms with Gasteiger partial charge in [0.15, 0.2) is 0 Å². The summed E-state index contributed by atoms with van der Waals surface area (Å²) < 4.78 is 0. The molecule has 2 unspecified atom stereocenters. The smallest absolute Gasteiger partial charge is 0.116 e. The van der Waals surface area contributed by atoms with Crippen molar-refractivity contribution in [3.05, 3.63) is 97.8 Å². The van der Waals surface area contributed by atoms with Crippen LogP contribution in [-0.2, 0) is 0 Å². The van der Waals surface area contributed by atoms with Gasteiger partial charge in [-0.1, -0.05) is 64.1 Å². The van der Waals surface area contributed by atoms with Crippen molar-refractivity contribution in [1.82, 2.24) is 19.9 Å². The second kappa shape index (κ2) is 11.0. The van der Waals surface area contributed by atoms with Gasteiger partial charge in [0.1, 0.15) is 12.7 Å². The van der Waals surface area contributed by atoms with E-state index in [1.165, 1.54) is 21.2 Å². The zero-order valence-electron chi connectivity index (χ0n) is 24.1. The van der Waals surface area contributed by atoms with Crippen molar-refractivity contribution in [2.24, 2.45) is 0 Å². The van der Waals surface area contributed by atoms with Crippen LogP contribution in [-0.4, -0.2) is 31.3 Å². The fraction of sp³-hybridized carbons (Fsp3) is 0.176. The first-order chi connectivity index (χ1) is 20.5. The topological polar surface area (TPSA) is 75.6 Å². The lowest BCUT2D eigenvalue weighted by Crippen LogP contribution is -2.27. The minimum atomic E-state index is -0.770. The Labute approximate surface area is 248 Å². The average molecular weight is 587 g/mol. The van der Waals surface area contributed by atoms with Crippen LogP contribution in [0, 0.1) is 0 Å². The standard InChI is InChI=1S/C34H32N6P2/c1-21(2)41-31-11-7-5-9-25(31)39-26-10-6-8-12-32(26)42(22(3)4)34-16-28-24(18-36-20-38-28)14-30(34)40-29-13-23-17-35-19-37-27(23)15-33(29)41/h5-22,39-40H,1-4H3. The van der Waals surface area contributed by atoms with E-state index in [1.54, 1.807) is 12.7 Å². The normalized spacial score (nSPS) is 16.4. The number of nitrogens with zero attached hydrogens (tertiary/aromatic N) is 4. The van der Waals surface area contributed by atoms with Gasteiger partial charge in [-0.2, -0.15) is 0 Å². The molecule has 6 aromatic rings. The van der Waals surface area contributed by atoms with Crippen LogP contribution in [0.2, 0.25) is 0 Å². The molecule has 1 aliphatic heterocycles. The molecule has 8 heteroatoms. The molecule has 4 aromatic carbocycles. The number of benzene rings is 4. The number of rotatable bonds is 2. The van der Waals surface area contributed by atoms with Crippen molar-refractivity contribution >= 4 is 81.6 Å². The zero-order valence-corrected chi connectivity index (χ0v) is 25.9. The lowest BCUT2D eigenvalue weighted by atomic mass is 10.2. The number of hydrogen-bond acceptors (Lipinski definition) is 6. The lowest BCUT2D eigenvalue weighted by Gasteiger charge is -2.32. The Morgan fingerprint density at radius 2 is 0.952 bits per heavy atom. The van der Waals surface area contributed by atoms with E-state index in [0.29, 0.717) is 11.3 Å². The third-order valence-corrected chi connectivity index (χ3v) is 13.3. The number of hydrogen-bond donors (Lipinski definition) is 2. The van der Waals surface area contributed by atoms with Gasteiger partial charge in [0.05, 0.1) is 11.0 Å². The summed E-state index contributed by atoms with van der Waals surface area (Å²) in [6, 6.07) is 26.6. The van der Waals surface area contributed by atoms with Gasteiger partial charge >= 0.3 is 0 Å². The Kier molecular flexibility index (Phi) is 7.06. The van der Waals surface area contributed by atoms with Crippen molar-refractivity contribution in [3.8, 4) is 0 Å². The summed E-state index contributed by atoms with van der Waals surface area (Å²) in [6.07, 6.45) is 7.08. The quantitative estimate of drug-likeness (QED) is 0.212. The van der Waals surface area contributed by atoms with Crippen molar-refractivity contribution in [2.45, 2.75) is 39.0 Å². The summed E-state index contributed by atoms with van der Waals surface area (Å²) in [4.78, 5) is 18.0.